The second-order valence-corrected chi connectivity index (χ2v) is 5.58. The van der Waals surface area contributed by atoms with Crippen LogP contribution in [0.4, 0.5) is 5.69 Å². The van der Waals surface area contributed by atoms with Crippen molar-refractivity contribution in [3.05, 3.63) is 58.9 Å². The number of halogens is 1. The van der Waals surface area contributed by atoms with Crippen LogP contribution in [0.3, 0.4) is 0 Å². The summed E-state index contributed by atoms with van der Waals surface area (Å²) in [4.78, 5) is 6.47. The highest BCUT2D eigenvalue weighted by Gasteiger charge is 2.15. The first-order valence-corrected chi connectivity index (χ1v) is 7.53. The van der Waals surface area contributed by atoms with Crippen LogP contribution in [0.25, 0.3) is 0 Å². The monoisotopic (exact) mass is 304 g/mol. The molecule has 1 aromatic heterocycles. The van der Waals surface area contributed by atoms with E-state index in [1.165, 1.54) is 0 Å². The minimum Gasteiger partial charge on any atom is -0.387 e. The van der Waals surface area contributed by atoms with Crippen molar-refractivity contribution in [2.75, 3.05) is 11.9 Å². The number of hydrogen-bond acceptors (Lipinski definition) is 3. The maximum absolute atomic E-state index is 9.79. The smallest absolute Gasteiger partial charge is 0.0957 e. The summed E-state index contributed by atoms with van der Waals surface area (Å²) in [7, 11) is 2.01. The summed E-state index contributed by atoms with van der Waals surface area (Å²) in [6, 6.07) is 11.9. The van der Waals surface area contributed by atoms with Gasteiger partial charge < -0.3 is 10.0 Å². The Morgan fingerprint density at radius 1 is 1.24 bits per heavy atom. The molecule has 0 aliphatic rings. The van der Waals surface area contributed by atoms with E-state index in [9.17, 15) is 5.11 Å². The van der Waals surface area contributed by atoms with E-state index in [-0.39, 0.29) is 6.04 Å². The van der Waals surface area contributed by atoms with Gasteiger partial charge in [0.05, 0.1) is 29.7 Å². The van der Waals surface area contributed by atoms with Crippen LogP contribution < -0.4 is 4.90 Å². The largest absolute Gasteiger partial charge is 0.387 e. The fourth-order valence-corrected chi connectivity index (χ4v) is 2.55. The average Bonchev–Trinajstić information content (AvgIpc) is 2.53. The quantitative estimate of drug-likeness (QED) is 0.890. The highest BCUT2D eigenvalue weighted by molar-refractivity contribution is 6.31. The molecule has 2 aromatic rings. The maximum Gasteiger partial charge on any atom is 0.0957 e. The van der Waals surface area contributed by atoms with Crippen LogP contribution in [0, 0.1) is 0 Å². The summed E-state index contributed by atoms with van der Waals surface area (Å²) >= 11 is 6.26. The third-order valence-corrected chi connectivity index (χ3v) is 4.19. The molecule has 4 heteroatoms. The van der Waals surface area contributed by atoms with E-state index >= 15 is 0 Å². The molecule has 1 aromatic carbocycles. The van der Waals surface area contributed by atoms with Gasteiger partial charge in [0.1, 0.15) is 0 Å². The van der Waals surface area contributed by atoms with Crippen molar-refractivity contribution < 1.29 is 5.11 Å². The van der Waals surface area contributed by atoms with Crippen molar-refractivity contribution in [3.63, 3.8) is 0 Å². The molecule has 0 amide bonds. The lowest BCUT2D eigenvalue weighted by Crippen LogP contribution is -2.22. The van der Waals surface area contributed by atoms with E-state index in [4.69, 9.17) is 11.6 Å². The molecule has 1 heterocycles. The Kier molecular flexibility index (Phi) is 5.21. The topological polar surface area (TPSA) is 36.4 Å². The fraction of sp³-hybridized carbons (Fsp3) is 0.353. The number of benzene rings is 1. The van der Waals surface area contributed by atoms with E-state index < -0.39 is 6.10 Å². The summed E-state index contributed by atoms with van der Waals surface area (Å²) < 4.78 is 0. The molecule has 0 aliphatic carbocycles. The zero-order valence-electron chi connectivity index (χ0n) is 12.6. The predicted molar refractivity (Wildman–Crippen MR) is 87.8 cm³/mol. The summed E-state index contributed by atoms with van der Waals surface area (Å²) in [5, 5.41) is 10.6. The molecule has 0 saturated heterocycles. The van der Waals surface area contributed by atoms with Crippen LogP contribution in [0.15, 0.2) is 42.6 Å². The van der Waals surface area contributed by atoms with Crippen LogP contribution in [0.2, 0.25) is 5.02 Å². The zero-order chi connectivity index (χ0) is 15.4. The summed E-state index contributed by atoms with van der Waals surface area (Å²) in [6.07, 6.45) is 1.96. The van der Waals surface area contributed by atoms with E-state index in [0.717, 1.165) is 16.3 Å². The standard InChI is InChI=1S/C17H21ClN2O/c1-4-17(21)16-10-9-13(11-19-16)20(3)12(2)14-7-5-6-8-15(14)18/h5-12,17,21H,4H2,1-3H3. The molecule has 0 fully saturated rings. The Hall–Kier alpha value is -1.58. The zero-order valence-corrected chi connectivity index (χ0v) is 13.4. The van der Waals surface area contributed by atoms with Gasteiger partial charge in [0.25, 0.3) is 0 Å². The van der Waals surface area contributed by atoms with Gasteiger partial charge >= 0.3 is 0 Å². The van der Waals surface area contributed by atoms with Gasteiger partial charge in [-0.05, 0) is 37.1 Å². The number of hydrogen-bond donors (Lipinski definition) is 1. The Balaban J connectivity index is 2.20. The number of nitrogens with zero attached hydrogens (tertiary/aromatic N) is 2. The van der Waals surface area contributed by atoms with E-state index in [2.05, 4.69) is 16.8 Å². The maximum atomic E-state index is 9.79. The Labute approximate surface area is 131 Å². The van der Waals surface area contributed by atoms with Crippen molar-refractivity contribution in [3.8, 4) is 0 Å². The average molecular weight is 305 g/mol. The third kappa shape index (κ3) is 3.55. The van der Waals surface area contributed by atoms with Crippen molar-refractivity contribution in [2.45, 2.75) is 32.4 Å². The van der Waals surface area contributed by atoms with Gasteiger partial charge in [-0.1, -0.05) is 36.7 Å². The van der Waals surface area contributed by atoms with Crippen LogP contribution in [0.5, 0.6) is 0 Å². The number of aliphatic hydroxyl groups is 1. The van der Waals surface area contributed by atoms with E-state index in [1.54, 1.807) is 6.20 Å². The first-order valence-electron chi connectivity index (χ1n) is 7.15. The molecule has 2 atom stereocenters. The second kappa shape index (κ2) is 6.92. The van der Waals surface area contributed by atoms with Gasteiger partial charge in [0, 0.05) is 12.1 Å². The summed E-state index contributed by atoms with van der Waals surface area (Å²) in [6.45, 7) is 4.04. The molecule has 1 N–H and O–H groups in total. The molecule has 21 heavy (non-hydrogen) atoms. The third-order valence-electron chi connectivity index (χ3n) is 3.84. The van der Waals surface area contributed by atoms with Crippen molar-refractivity contribution in [2.24, 2.45) is 0 Å². The Bertz CT molecular complexity index is 586. The summed E-state index contributed by atoms with van der Waals surface area (Å²) in [5.41, 5.74) is 2.79. The van der Waals surface area contributed by atoms with Crippen LogP contribution in [-0.2, 0) is 0 Å². The van der Waals surface area contributed by atoms with Gasteiger partial charge in [-0.25, -0.2) is 0 Å². The molecular weight excluding hydrogens is 284 g/mol. The molecule has 0 saturated carbocycles. The van der Waals surface area contributed by atoms with Crippen molar-refractivity contribution in [1.29, 1.82) is 0 Å². The number of aliphatic hydroxyl groups excluding tert-OH is 1. The minimum absolute atomic E-state index is 0.141. The Morgan fingerprint density at radius 2 is 1.95 bits per heavy atom. The van der Waals surface area contributed by atoms with Gasteiger partial charge in [-0.2, -0.15) is 0 Å². The molecule has 3 nitrogen and oxygen atoms in total. The molecule has 112 valence electrons. The first kappa shape index (κ1) is 15.8. The normalized spacial score (nSPS) is 13.8. The number of aromatic nitrogens is 1. The van der Waals surface area contributed by atoms with E-state index in [1.807, 2.05) is 50.4 Å². The van der Waals surface area contributed by atoms with Crippen LogP contribution in [-0.4, -0.2) is 17.1 Å². The van der Waals surface area contributed by atoms with Crippen LogP contribution in [0.1, 0.15) is 43.7 Å². The minimum atomic E-state index is -0.495. The lowest BCUT2D eigenvalue weighted by Gasteiger charge is -2.28. The molecule has 0 bridgehead atoms. The molecular formula is C17H21ClN2O. The summed E-state index contributed by atoms with van der Waals surface area (Å²) in [5.74, 6) is 0. The van der Waals surface area contributed by atoms with Crippen molar-refractivity contribution >= 4 is 17.3 Å². The SMILES string of the molecule is CCC(O)c1ccc(N(C)C(C)c2ccccc2Cl)cn1. The number of rotatable bonds is 5. The van der Waals surface area contributed by atoms with Gasteiger partial charge in [0.2, 0.25) is 0 Å². The predicted octanol–water partition coefficient (Wildman–Crippen LogP) is 4.38. The fourth-order valence-electron chi connectivity index (χ4n) is 2.26. The van der Waals surface area contributed by atoms with Gasteiger partial charge in [-0.15, -0.1) is 0 Å². The molecule has 2 rings (SSSR count). The van der Waals surface area contributed by atoms with E-state index in [0.29, 0.717) is 12.1 Å². The highest BCUT2D eigenvalue weighted by atomic mass is 35.5. The molecule has 0 spiro atoms. The second-order valence-electron chi connectivity index (χ2n) is 5.17. The molecule has 2 unspecified atom stereocenters. The van der Waals surface area contributed by atoms with Gasteiger partial charge in [-0.3, -0.25) is 4.98 Å². The number of anilines is 1. The molecule has 0 aliphatic heterocycles. The number of pyridine rings is 1. The van der Waals surface area contributed by atoms with Crippen LogP contribution >= 0.6 is 11.6 Å². The first-order chi connectivity index (χ1) is 10.0. The Morgan fingerprint density at radius 3 is 2.52 bits per heavy atom. The molecule has 0 radical (unpaired) electrons. The van der Waals surface area contributed by atoms with Gasteiger partial charge in [0.15, 0.2) is 0 Å². The highest BCUT2D eigenvalue weighted by Crippen LogP contribution is 2.29. The lowest BCUT2D eigenvalue weighted by atomic mass is 10.1. The lowest BCUT2D eigenvalue weighted by molar-refractivity contribution is 0.169. The van der Waals surface area contributed by atoms with Crippen molar-refractivity contribution in [1.82, 2.24) is 4.98 Å².